The molecule has 0 unspecified atom stereocenters. The Labute approximate surface area is 102 Å². The number of hydrogen-bond donors (Lipinski definition) is 1. The Morgan fingerprint density at radius 2 is 1.82 bits per heavy atom. The number of allylic oxidation sites excluding steroid dienone is 1. The van der Waals surface area contributed by atoms with Crippen LogP contribution in [0.15, 0.2) is 11.6 Å². The highest BCUT2D eigenvalue weighted by atomic mass is 16.5. The largest absolute Gasteiger partial charge is 0.480 e. The van der Waals surface area contributed by atoms with Crippen molar-refractivity contribution in [2.24, 2.45) is 5.41 Å². The van der Waals surface area contributed by atoms with Crippen molar-refractivity contribution in [3.8, 4) is 0 Å². The zero-order valence-electron chi connectivity index (χ0n) is 10.5. The van der Waals surface area contributed by atoms with Gasteiger partial charge in [-0.2, -0.15) is 0 Å². The number of hydrogen-bond acceptors (Lipinski definition) is 3. The maximum atomic E-state index is 11.9. The molecule has 1 rings (SSSR count). The van der Waals surface area contributed by atoms with Crippen molar-refractivity contribution in [1.29, 1.82) is 0 Å². The van der Waals surface area contributed by atoms with Gasteiger partial charge < -0.3 is 9.84 Å². The number of aliphatic carboxylic acids is 1. The molecule has 0 aliphatic heterocycles. The quantitative estimate of drug-likeness (QED) is 0.466. The van der Waals surface area contributed by atoms with Gasteiger partial charge in [-0.1, -0.05) is 24.8 Å². The van der Waals surface area contributed by atoms with Crippen LogP contribution in [0.4, 0.5) is 0 Å². The van der Waals surface area contributed by atoms with Crippen molar-refractivity contribution in [1.82, 2.24) is 0 Å². The molecule has 0 aromatic rings. The maximum Gasteiger partial charge on any atom is 0.323 e. The highest BCUT2D eigenvalue weighted by molar-refractivity contribution is 5.99. The first-order valence-electron chi connectivity index (χ1n) is 6.03. The fourth-order valence-corrected chi connectivity index (χ4v) is 2.08. The van der Waals surface area contributed by atoms with E-state index in [0.717, 1.165) is 24.8 Å². The molecule has 1 aliphatic carbocycles. The fourth-order valence-electron chi connectivity index (χ4n) is 2.08. The third-order valence-electron chi connectivity index (χ3n) is 3.21. The maximum absolute atomic E-state index is 11.9. The lowest BCUT2D eigenvalue weighted by Gasteiger charge is -2.30. The van der Waals surface area contributed by atoms with E-state index in [1.54, 1.807) is 6.08 Å². The molecular formula is C13H20O4. The fraction of sp³-hybridized carbons (Fsp3) is 0.692. The van der Waals surface area contributed by atoms with Gasteiger partial charge in [0.25, 0.3) is 0 Å². The Morgan fingerprint density at radius 1 is 1.24 bits per heavy atom. The molecule has 96 valence electrons. The molecule has 0 radical (unpaired) electrons. The van der Waals surface area contributed by atoms with Crippen molar-refractivity contribution >= 4 is 11.9 Å². The summed E-state index contributed by atoms with van der Waals surface area (Å²) in [5.74, 6) is -1.62. The lowest BCUT2D eigenvalue weighted by molar-refractivity contribution is -0.170. The molecule has 1 saturated carbocycles. The van der Waals surface area contributed by atoms with Crippen LogP contribution in [-0.4, -0.2) is 23.7 Å². The monoisotopic (exact) mass is 240 g/mol. The van der Waals surface area contributed by atoms with Gasteiger partial charge in [0.05, 0.1) is 0 Å². The van der Waals surface area contributed by atoms with E-state index >= 15 is 0 Å². The highest BCUT2D eigenvalue weighted by Crippen LogP contribution is 2.37. The molecule has 1 N–H and O–H groups in total. The van der Waals surface area contributed by atoms with Crippen LogP contribution in [0.2, 0.25) is 0 Å². The number of carboxylic acid groups (broad SMARTS) is 1. The van der Waals surface area contributed by atoms with Gasteiger partial charge in [-0.05, 0) is 32.8 Å². The van der Waals surface area contributed by atoms with Crippen LogP contribution in [0.1, 0.15) is 46.0 Å². The van der Waals surface area contributed by atoms with Crippen molar-refractivity contribution in [3.05, 3.63) is 11.6 Å². The number of carbonyl (C=O) groups excluding carboxylic acids is 1. The minimum Gasteiger partial charge on any atom is -0.480 e. The smallest absolute Gasteiger partial charge is 0.323 e. The SMILES string of the molecule is CC(C)=CCOC(=O)C1(C(=O)O)CCCCC1. The van der Waals surface area contributed by atoms with Crippen LogP contribution in [0.3, 0.4) is 0 Å². The van der Waals surface area contributed by atoms with E-state index in [9.17, 15) is 14.7 Å². The molecule has 0 spiro atoms. The van der Waals surface area contributed by atoms with Crippen LogP contribution < -0.4 is 0 Å². The zero-order chi connectivity index (χ0) is 12.9. The van der Waals surface area contributed by atoms with Gasteiger partial charge in [0, 0.05) is 0 Å². The van der Waals surface area contributed by atoms with E-state index in [4.69, 9.17) is 4.74 Å². The standard InChI is InChI=1S/C13H20O4/c1-10(2)6-9-17-12(16)13(11(14)15)7-4-3-5-8-13/h6H,3-5,7-9H2,1-2H3,(H,14,15). The first-order valence-corrected chi connectivity index (χ1v) is 6.03. The highest BCUT2D eigenvalue weighted by Gasteiger charge is 2.48. The van der Waals surface area contributed by atoms with E-state index in [1.807, 2.05) is 13.8 Å². The van der Waals surface area contributed by atoms with Crippen LogP contribution >= 0.6 is 0 Å². The summed E-state index contributed by atoms with van der Waals surface area (Å²) < 4.78 is 5.06. The predicted octanol–water partition coefficient (Wildman–Crippen LogP) is 2.53. The van der Waals surface area contributed by atoms with Crippen LogP contribution in [0.5, 0.6) is 0 Å². The Morgan fingerprint density at radius 3 is 2.29 bits per heavy atom. The Hall–Kier alpha value is -1.32. The average Bonchev–Trinajstić information content (AvgIpc) is 2.29. The second kappa shape index (κ2) is 5.84. The zero-order valence-corrected chi connectivity index (χ0v) is 10.5. The van der Waals surface area contributed by atoms with Crippen LogP contribution in [0.25, 0.3) is 0 Å². The molecule has 0 aromatic heterocycles. The summed E-state index contributed by atoms with van der Waals surface area (Å²) in [5.41, 5.74) is -0.251. The third kappa shape index (κ3) is 3.32. The molecule has 4 heteroatoms. The number of rotatable bonds is 4. The van der Waals surface area contributed by atoms with Crippen molar-refractivity contribution in [2.75, 3.05) is 6.61 Å². The van der Waals surface area contributed by atoms with Gasteiger partial charge in [-0.15, -0.1) is 0 Å². The third-order valence-corrected chi connectivity index (χ3v) is 3.21. The summed E-state index contributed by atoms with van der Waals surface area (Å²) in [4.78, 5) is 23.2. The summed E-state index contributed by atoms with van der Waals surface area (Å²) in [6.45, 7) is 3.97. The molecule has 0 saturated heterocycles. The van der Waals surface area contributed by atoms with Gasteiger partial charge >= 0.3 is 11.9 Å². The van der Waals surface area contributed by atoms with Crippen LogP contribution in [0, 0.1) is 5.41 Å². The van der Waals surface area contributed by atoms with Crippen molar-refractivity contribution in [2.45, 2.75) is 46.0 Å². The Balaban J connectivity index is 2.67. The van der Waals surface area contributed by atoms with Gasteiger partial charge in [0.1, 0.15) is 6.61 Å². The average molecular weight is 240 g/mol. The summed E-state index contributed by atoms with van der Waals surface area (Å²) in [5, 5.41) is 9.25. The molecule has 0 amide bonds. The summed E-state index contributed by atoms with van der Waals surface area (Å²) in [7, 11) is 0. The van der Waals surface area contributed by atoms with Gasteiger partial charge in [0.15, 0.2) is 5.41 Å². The molecule has 1 fully saturated rings. The molecular weight excluding hydrogens is 220 g/mol. The second-order valence-corrected chi connectivity index (χ2v) is 4.83. The lowest BCUT2D eigenvalue weighted by atomic mass is 9.74. The van der Waals surface area contributed by atoms with Crippen molar-refractivity contribution in [3.63, 3.8) is 0 Å². The molecule has 0 heterocycles. The summed E-state index contributed by atoms with van der Waals surface area (Å²) in [6.07, 6.45) is 5.13. The van der Waals surface area contributed by atoms with Crippen LogP contribution in [-0.2, 0) is 14.3 Å². The van der Waals surface area contributed by atoms with E-state index < -0.39 is 17.4 Å². The summed E-state index contributed by atoms with van der Waals surface area (Å²) >= 11 is 0. The molecule has 0 atom stereocenters. The molecule has 0 aromatic carbocycles. The molecule has 17 heavy (non-hydrogen) atoms. The van der Waals surface area contributed by atoms with E-state index in [-0.39, 0.29) is 6.61 Å². The first kappa shape index (κ1) is 13.7. The van der Waals surface area contributed by atoms with E-state index in [0.29, 0.717) is 12.8 Å². The number of ether oxygens (including phenoxy) is 1. The number of carboxylic acids is 1. The van der Waals surface area contributed by atoms with Crippen molar-refractivity contribution < 1.29 is 19.4 Å². The predicted molar refractivity (Wildman–Crippen MR) is 63.5 cm³/mol. The Bertz CT molecular complexity index is 320. The first-order chi connectivity index (χ1) is 7.99. The number of carbonyl (C=O) groups is 2. The van der Waals surface area contributed by atoms with Gasteiger partial charge in [-0.3, -0.25) is 9.59 Å². The molecule has 1 aliphatic rings. The molecule has 4 nitrogen and oxygen atoms in total. The Kier molecular flexibility index (Phi) is 4.73. The van der Waals surface area contributed by atoms with E-state index in [1.165, 1.54) is 0 Å². The second-order valence-electron chi connectivity index (χ2n) is 4.83. The lowest BCUT2D eigenvalue weighted by Crippen LogP contribution is -2.42. The topological polar surface area (TPSA) is 63.6 Å². The van der Waals surface area contributed by atoms with Gasteiger partial charge in [0.2, 0.25) is 0 Å². The normalized spacial score (nSPS) is 18.2. The summed E-state index contributed by atoms with van der Waals surface area (Å²) in [6, 6.07) is 0. The minimum absolute atomic E-state index is 0.163. The van der Waals surface area contributed by atoms with E-state index in [2.05, 4.69) is 0 Å². The van der Waals surface area contributed by atoms with Gasteiger partial charge in [-0.25, -0.2) is 0 Å². The minimum atomic E-state index is -1.30. The molecule has 0 bridgehead atoms. The number of esters is 1.